The average molecular weight is 395 g/mol. The van der Waals surface area contributed by atoms with Crippen LogP contribution in [0.2, 0.25) is 0 Å². The molecular weight excluding hydrogens is 382 g/mol. The molecule has 0 bridgehead atoms. The molecule has 1 N–H and O–H groups in total. The Hall–Kier alpha value is -2.28. The highest BCUT2D eigenvalue weighted by molar-refractivity contribution is 9.10. The summed E-state index contributed by atoms with van der Waals surface area (Å²) in [4.78, 5) is 15.6. The third-order valence-corrected chi connectivity index (χ3v) is 4.42. The van der Waals surface area contributed by atoms with E-state index in [1.54, 1.807) is 22.7 Å². The van der Waals surface area contributed by atoms with Crippen LogP contribution in [0.5, 0.6) is 0 Å². The summed E-state index contributed by atoms with van der Waals surface area (Å²) < 4.78 is 30.3. The lowest BCUT2D eigenvalue weighted by Crippen LogP contribution is -2.06. The summed E-state index contributed by atoms with van der Waals surface area (Å²) in [5.41, 5.74) is 1.93. The molecule has 2 heterocycles. The molecule has 3 rings (SSSR count). The van der Waals surface area contributed by atoms with Crippen LogP contribution in [0, 0.1) is 25.5 Å². The molecule has 0 aliphatic carbocycles. The Bertz CT molecular complexity index is 983. The van der Waals surface area contributed by atoms with E-state index in [-0.39, 0.29) is 27.7 Å². The Kier molecular flexibility index (Phi) is 4.13. The molecule has 0 spiro atoms. The number of pyridine rings is 1. The van der Waals surface area contributed by atoms with E-state index in [4.69, 9.17) is 0 Å². The van der Waals surface area contributed by atoms with Crippen LogP contribution in [0.15, 0.2) is 28.9 Å². The molecule has 2 aromatic heterocycles. The molecule has 4 nitrogen and oxygen atoms in total. The average Bonchev–Trinajstić information content (AvgIpc) is 2.82. The van der Waals surface area contributed by atoms with Gasteiger partial charge in [0.15, 0.2) is 0 Å². The van der Waals surface area contributed by atoms with Crippen molar-refractivity contribution in [1.29, 1.82) is 0 Å². The molecule has 7 heteroatoms. The molecule has 0 saturated heterocycles. The Labute approximate surface area is 144 Å². The van der Waals surface area contributed by atoms with E-state index in [1.807, 2.05) is 6.92 Å². The fraction of sp³-hybridized carbons (Fsp3) is 0.176. The number of aliphatic carboxylic acids is 1. The number of carboxylic acids is 1. The van der Waals surface area contributed by atoms with Crippen LogP contribution < -0.4 is 0 Å². The van der Waals surface area contributed by atoms with Gasteiger partial charge in [-0.1, -0.05) is 0 Å². The van der Waals surface area contributed by atoms with Crippen molar-refractivity contribution >= 4 is 27.5 Å². The van der Waals surface area contributed by atoms with Crippen molar-refractivity contribution in [3.8, 4) is 11.3 Å². The zero-order chi connectivity index (χ0) is 17.6. The number of halogens is 3. The maximum absolute atomic E-state index is 14.5. The number of hydrogen-bond donors (Lipinski definition) is 1. The van der Waals surface area contributed by atoms with Gasteiger partial charge in [-0.15, -0.1) is 0 Å². The molecule has 0 saturated carbocycles. The van der Waals surface area contributed by atoms with Crippen LogP contribution in [0.4, 0.5) is 8.78 Å². The molecule has 3 aromatic rings. The second-order valence-electron chi connectivity index (χ2n) is 5.56. The van der Waals surface area contributed by atoms with Gasteiger partial charge in [-0.2, -0.15) is 0 Å². The Morgan fingerprint density at radius 3 is 2.71 bits per heavy atom. The predicted octanol–water partition coefficient (Wildman–Crippen LogP) is 4.29. The number of benzene rings is 1. The van der Waals surface area contributed by atoms with Gasteiger partial charge < -0.3 is 9.51 Å². The Morgan fingerprint density at radius 1 is 1.33 bits per heavy atom. The van der Waals surface area contributed by atoms with Crippen molar-refractivity contribution in [2.75, 3.05) is 0 Å². The number of carbonyl (C=O) groups is 1. The van der Waals surface area contributed by atoms with Crippen LogP contribution in [-0.2, 0) is 11.2 Å². The fourth-order valence-electron chi connectivity index (χ4n) is 2.72. The smallest absolute Gasteiger partial charge is 0.309 e. The number of nitrogens with zero attached hydrogens (tertiary/aromatic N) is 2. The topological polar surface area (TPSA) is 54.6 Å². The summed E-state index contributed by atoms with van der Waals surface area (Å²) in [5, 5.41) is 9.19. The second-order valence-corrected chi connectivity index (χ2v) is 6.42. The van der Waals surface area contributed by atoms with Crippen molar-refractivity contribution < 1.29 is 18.7 Å². The van der Waals surface area contributed by atoms with Crippen molar-refractivity contribution in [3.63, 3.8) is 0 Å². The second kappa shape index (κ2) is 5.98. The molecule has 1 aromatic carbocycles. The Balaban J connectivity index is 2.38. The first kappa shape index (κ1) is 16.6. The first-order valence-corrected chi connectivity index (χ1v) is 7.92. The Morgan fingerprint density at radius 2 is 2.04 bits per heavy atom. The van der Waals surface area contributed by atoms with Gasteiger partial charge >= 0.3 is 5.97 Å². The number of imidazole rings is 1. The van der Waals surface area contributed by atoms with E-state index < -0.39 is 17.6 Å². The van der Waals surface area contributed by atoms with Crippen molar-refractivity contribution in [1.82, 2.24) is 9.38 Å². The molecular formula is C17H13BrF2N2O2. The van der Waals surface area contributed by atoms with Gasteiger partial charge in [-0.3, -0.25) is 4.79 Å². The van der Waals surface area contributed by atoms with Crippen LogP contribution in [0.1, 0.15) is 16.8 Å². The van der Waals surface area contributed by atoms with E-state index in [9.17, 15) is 18.7 Å². The first-order chi connectivity index (χ1) is 11.3. The van der Waals surface area contributed by atoms with Crippen LogP contribution in [0.3, 0.4) is 0 Å². The summed E-state index contributed by atoms with van der Waals surface area (Å²) in [7, 11) is 0. The molecule has 0 aliphatic rings. The maximum atomic E-state index is 14.5. The van der Waals surface area contributed by atoms with Gasteiger partial charge in [0.25, 0.3) is 0 Å². The molecule has 124 valence electrons. The van der Waals surface area contributed by atoms with Gasteiger partial charge in [0, 0.05) is 11.8 Å². The first-order valence-electron chi connectivity index (χ1n) is 7.13. The van der Waals surface area contributed by atoms with Gasteiger partial charge in [0.2, 0.25) is 0 Å². The number of carboxylic acid groups (broad SMARTS) is 1. The van der Waals surface area contributed by atoms with Crippen molar-refractivity contribution in [2.24, 2.45) is 0 Å². The monoisotopic (exact) mass is 394 g/mol. The van der Waals surface area contributed by atoms with Crippen molar-refractivity contribution in [2.45, 2.75) is 20.3 Å². The van der Waals surface area contributed by atoms with Gasteiger partial charge in [-0.05, 0) is 59.1 Å². The van der Waals surface area contributed by atoms with E-state index >= 15 is 0 Å². The third-order valence-electron chi connectivity index (χ3n) is 3.84. The summed E-state index contributed by atoms with van der Waals surface area (Å²) in [5.74, 6) is -2.33. The number of aryl methyl sites for hydroxylation is 1. The number of aromatic nitrogens is 2. The van der Waals surface area contributed by atoms with Gasteiger partial charge in [-0.25, -0.2) is 13.8 Å². The highest BCUT2D eigenvalue weighted by Gasteiger charge is 2.23. The minimum Gasteiger partial charge on any atom is -0.481 e. The molecule has 24 heavy (non-hydrogen) atoms. The number of rotatable bonds is 3. The quantitative estimate of drug-likeness (QED) is 0.674. The van der Waals surface area contributed by atoms with E-state index in [2.05, 4.69) is 20.9 Å². The largest absolute Gasteiger partial charge is 0.481 e. The van der Waals surface area contributed by atoms with Crippen LogP contribution in [-0.4, -0.2) is 20.5 Å². The highest BCUT2D eigenvalue weighted by Crippen LogP contribution is 2.34. The number of fused-ring (bicyclic) bond motifs is 1. The maximum Gasteiger partial charge on any atom is 0.309 e. The lowest BCUT2D eigenvalue weighted by Gasteiger charge is -2.10. The fourth-order valence-corrected chi connectivity index (χ4v) is 3.21. The lowest BCUT2D eigenvalue weighted by molar-refractivity contribution is -0.136. The predicted molar refractivity (Wildman–Crippen MR) is 89.1 cm³/mol. The SMILES string of the molecule is Cc1ccn2c(CC(=O)O)c(-c3c(F)cc(Br)c(F)c3C)nc2c1. The summed E-state index contributed by atoms with van der Waals surface area (Å²) >= 11 is 2.97. The van der Waals surface area contributed by atoms with E-state index in [1.165, 1.54) is 6.92 Å². The number of hydrogen-bond acceptors (Lipinski definition) is 2. The van der Waals surface area contributed by atoms with Gasteiger partial charge in [0.05, 0.1) is 22.3 Å². The molecule has 0 aliphatic heterocycles. The molecule has 0 radical (unpaired) electrons. The molecule has 0 amide bonds. The normalized spacial score (nSPS) is 11.2. The lowest BCUT2D eigenvalue weighted by atomic mass is 10.0. The molecule has 0 atom stereocenters. The molecule has 0 unspecified atom stereocenters. The van der Waals surface area contributed by atoms with Crippen LogP contribution >= 0.6 is 15.9 Å². The summed E-state index contributed by atoms with van der Waals surface area (Å²) in [6, 6.07) is 4.59. The van der Waals surface area contributed by atoms with E-state index in [0.29, 0.717) is 11.3 Å². The minimum absolute atomic E-state index is 0.0145. The highest BCUT2D eigenvalue weighted by atomic mass is 79.9. The minimum atomic E-state index is -1.07. The van der Waals surface area contributed by atoms with Gasteiger partial charge in [0.1, 0.15) is 17.3 Å². The summed E-state index contributed by atoms with van der Waals surface area (Å²) in [6.45, 7) is 3.31. The van der Waals surface area contributed by atoms with E-state index in [0.717, 1.165) is 11.6 Å². The van der Waals surface area contributed by atoms with Crippen LogP contribution in [0.25, 0.3) is 16.9 Å². The zero-order valence-electron chi connectivity index (χ0n) is 12.9. The summed E-state index contributed by atoms with van der Waals surface area (Å²) in [6.07, 6.45) is 1.33. The zero-order valence-corrected chi connectivity index (χ0v) is 14.5. The standard InChI is InChI=1S/C17H13BrF2N2O2/c1-8-3-4-22-12(7-14(23)24)17(21-13(22)5-8)15-9(2)16(20)10(18)6-11(15)19/h3-6H,7H2,1-2H3,(H,23,24). The molecule has 0 fully saturated rings. The third kappa shape index (κ3) is 2.69. The van der Waals surface area contributed by atoms with Crippen molar-refractivity contribution in [3.05, 3.63) is 57.3 Å².